The van der Waals surface area contributed by atoms with Crippen molar-refractivity contribution in [2.75, 3.05) is 0 Å². The van der Waals surface area contributed by atoms with Gasteiger partial charge >= 0.3 is 0 Å². The molecule has 0 aliphatic heterocycles. The molecule has 0 atom stereocenters. The third-order valence-corrected chi connectivity index (χ3v) is 0. The van der Waals surface area contributed by atoms with Crippen molar-refractivity contribution in [3.05, 3.63) is 0 Å². The molecular weight excluding hydrogens is 168 g/mol. The summed E-state index contributed by atoms with van der Waals surface area (Å²) in [5, 5.41) is 0. The Bertz CT molecular complexity index is 11.6. The molecule has 0 aliphatic rings. The second-order valence-electron chi connectivity index (χ2n) is 0. The first kappa shape index (κ1) is 29.7. The molecule has 0 aromatic carbocycles. The van der Waals surface area contributed by atoms with E-state index in [0.29, 0.717) is 0 Å². The van der Waals surface area contributed by atoms with Crippen molar-refractivity contribution in [1.82, 2.24) is 0 Å². The quantitative estimate of drug-likeness (QED) is 0.370. The molecule has 3 radical (unpaired) electrons. The molecule has 0 bridgehead atoms. The van der Waals surface area contributed by atoms with E-state index in [9.17, 15) is 0 Å². The van der Waals surface area contributed by atoms with E-state index in [1.807, 2.05) is 0 Å². The summed E-state index contributed by atoms with van der Waals surface area (Å²) >= 11 is 0. The fourth-order valence-electron chi connectivity index (χ4n) is 0. The largest absolute Gasteiger partial charge is 0.279 e. The van der Waals surface area contributed by atoms with Crippen LogP contribution < -0.4 is 0 Å². The van der Waals surface area contributed by atoms with Crippen LogP contribution in [0.25, 0.3) is 0 Å². The first-order valence-electron chi connectivity index (χ1n) is 0.204. The van der Waals surface area contributed by atoms with Crippen molar-refractivity contribution in [2.24, 2.45) is 0 Å². The van der Waals surface area contributed by atoms with Crippen LogP contribution in [0.2, 0.25) is 0 Å². The molecule has 0 saturated heterocycles. The zero-order valence-corrected chi connectivity index (χ0v) is 5.84. The van der Waals surface area contributed by atoms with E-state index in [-0.39, 0.29) is 52.7 Å². The summed E-state index contributed by atoms with van der Waals surface area (Å²) in [5.41, 5.74) is 0. The van der Waals surface area contributed by atoms with Crippen LogP contribution in [0.15, 0.2) is 0 Å². The molecule has 0 fully saturated rings. The Labute approximate surface area is 66.1 Å². The molecule has 5 heavy (non-hydrogen) atoms. The van der Waals surface area contributed by atoms with Crippen LogP contribution in [-0.2, 0) is 38.4 Å². The maximum Gasteiger partial charge on any atom is 0.138 e. The van der Waals surface area contributed by atoms with E-state index in [1.54, 1.807) is 9.12 Å². The molecule has 1 nitrogen and oxygen atoms in total. The molecule has 0 aliphatic carbocycles. The zero-order valence-electron chi connectivity index (χ0n) is 2.62. The average Bonchev–Trinajstić information content (AvgIpc) is 1.00. The Kier molecular flexibility index (Phi) is 255. The van der Waals surface area contributed by atoms with Crippen LogP contribution in [0.3, 0.4) is 0 Å². The first-order chi connectivity index (χ1) is 1.00. The molecule has 0 aromatic heterocycles. The van der Waals surface area contributed by atoms with Crippen LogP contribution in [-0.4, -0.2) is 18.9 Å². The van der Waals surface area contributed by atoms with Crippen LogP contribution in [0, 0.1) is 0 Å². The van der Waals surface area contributed by atoms with Gasteiger partial charge in [-0.1, -0.05) is 0 Å². The average molecular weight is 169 g/mol. The van der Waals surface area contributed by atoms with Crippen molar-refractivity contribution >= 4 is 28.0 Å². The Morgan fingerprint density at radius 3 is 1.20 bits per heavy atom. The summed E-state index contributed by atoms with van der Waals surface area (Å²) < 4.78 is 8.06. The summed E-state index contributed by atoms with van der Waals surface area (Å²) in [6.07, 6.45) is 0. The predicted octanol–water partition coefficient (Wildman–Crippen LogP) is 0.0889. The van der Waals surface area contributed by atoms with Crippen LogP contribution in [0.1, 0.15) is 0 Å². The Morgan fingerprint density at radius 2 is 1.20 bits per heavy atom. The van der Waals surface area contributed by atoms with Gasteiger partial charge in [-0.3, -0.25) is 4.57 Å². The fourth-order valence-corrected chi connectivity index (χ4v) is 0. The molecule has 0 amide bonds. The van der Waals surface area contributed by atoms with E-state index in [1.165, 1.54) is 0 Å². The van der Waals surface area contributed by atoms with Crippen LogP contribution >= 0.6 is 9.12 Å². The Hall–Kier alpha value is 1.72. The minimum Gasteiger partial charge on any atom is -0.279 e. The SMILES string of the molecule is O=P.[Co].[Li].[Mn]. The summed E-state index contributed by atoms with van der Waals surface area (Å²) in [4.78, 5) is 0. The van der Waals surface area contributed by atoms with E-state index >= 15 is 0 Å². The van der Waals surface area contributed by atoms with Crippen molar-refractivity contribution < 1.29 is 38.4 Å². The minimum atomic E-state index is 0. The Morgan fingerprint density at radius 1 is 1.20 bits per heavy atom. The topological polar surface area (TPSA) is 17.1 Å². The van der Waals surface area contributed by atoms with Gasteiger partial charge in [0.05, 0.1) is 0 Å². The second-order valence-corrected chi connectivity index (χ2v) is 0. The summed E-state index contributed by atoms with van der Waals surface area (Å²) in [6.45, 7) is 0. The maximum atomic E-state index is 8.06. The van der Waals surface area contributed by atoms with E-state index in [2.05, 4.69) is 0 Å². The smallest absolute Gasteiger partial charge is 0.138 e. The molecule has 0 unspecified atom stereocenters. The molecule has 0 N–H and O–H groups in total. The summed E-state index contributed by atoms with van der Waals surface area (Å²) in [7, 11) is 1.72. The van der Waals surface area contributed by atoms with Gasteiger partial charge in [-0.25, -0.2) is 0 Å². The third kappa shape index (κ3) is 26.7. The molecule has 0 saturated carbocycles. The Balaban J connectivity index is -0.00000000167. The van der Waals surface area contributed by atoms with E-state index < -0.39 is 0 Å². The van der Waals surface area contributed by atoms with Gasteiger partial charge in [-0.2, -0.15) is 0 Å². The van der Waals surface area contributed by atoms with Gasteiger partial charge in [0.1, 0.15) is 9.12 Å². The number of hydrogen-bond acceptors (Lipinski definition) is 1. The first-order valence-corrected chi connectivity index (χ1v) is 0.612. The standard InChI is InChI=1S/Co.Li.Mn.HOP/c;;;1-2/h;;;2H. The van der Waals surface area contributed by atoms with Crippen molar-refractivity contribution in [3.8, 4) is 0 Å². The van der Waals surface area contributed by atoms with Gasteiger partial charge in [0.15, 0.2) is 0 Å². The molecule has 29 valence electrons. The van der Waals surface area contributed by atoms with Crippen molar-refractivity contribution in [1.29, 1.82) is 0 Å². The number of rotatable bonds is 0. The third-order valence-electron chi connectivity index (χ3n) is 0. The zero-order chi connectivity index (χ0) is 2.00. The summed E-state index contributed by atoms with van der Waals surface area (Å²) in [5.74, 6) is 0. The van der Waals surface area contributed by atoms with Gasteiger partial charge in [0, 0.05) is 52.7 Å². The van der Waals surface area contributed by atoms with Gasteiger partial charge in [0.25, 0.3) is 0 Å². The second kappa shape index (κ2) is 43.0. The van der Waals surface area contributed by atoms with Gasteiger partial charge in [-0.05, 0) is 0 Å². The van der Waals surface area contributed by atoms with Gasteiger partial charge in [-0.15, -0.1) is 0 Å². The van der Waals surface area contributed by atoms with E-state index in [4.69, 9.17) is 4.57 Å². The predicted molar refractivity (Wildman–Crippen MR) is 14.8 cm³/mol. The number of hydrogen-bond donors (Lipinski definition) is 0. The minimum absolute atomic E-state index is 0. The van der Waals surface area contributed by atoms with Crippen molar-refractivity contribution in [2.45, 2.75) is 0 Å². The molecule has 0 heterocycles. The monoisotopic (exact) mass is 169 g/mol. The van der Waals surface area contributed by atoms with Gasteiger partial charge < -0.3 is 0 Å². The normalized spacial score (nSPS) is 0.800. The van der Waals surface area contributed by atoms with Crippen LogP contribution in [0.4, 0.5) is 0 Å². The molecule has 0 aromatic rings. The van der Waals surface area contributed by atoms with Crippen LogP contribution in [0.5, 0.6) is 0 Å². The fraction of sp³-hybridized carbons (Fsp3) is 0. The maximum absolute atomic E-state index is 8.06. The van der Waals surface area contributed by atoms with Crippen molar-refractivity contribution in [3.63, 3.8) is 0 Å². The molecule has 5 heteroatoms. The molecular formula is HCoLiMnOP. The van der Waals surface area contributed by atoms with E-state index in [0.717, 1.165) is 0 Å². The summed E-state index contributed by atoms with van der Waals surface area (Å²) in [6, 6.07) is 0. The molecule has 0 rings (SSSR count). The van der Waals surface area contributed by atoms with Gasteiger partial charge in [0.2, 0.25) is 0 Å². The molecule has 0 spiro atoms.